The number of ketones is 1. The summed E-state index contributed by atoms with van der Waals surface area (Å²) in [6.45, 7) is 1.22. The van der Waals surface area contributed by atoms with E-state index in [9.17, 15) is 13.2 Å². The molecule has 2 aromatic carbocycles. The molecule has 27 heavy (non-hydrogen) atoms. The molecule has 2 aromatic rings. The van der Waals surface area contributed by atoms with Gasteiger partial charge in [-0.15, -0.1) is 0 Å². The monoisotopic (exact) mass is 383 g/mol. The fourth-order valence-electron chi connectivity index (χ4n) is 4.31. The fourth-order valence-corrected chi connectivity index (χ4v) is 5.94. The molecular weight excluding hydrogens is 358 g/mol. The predicted octanol–water partition coefficient (Wildman–Crippen LogP) is 3.92. The van der Waals surface area contributed by atoms with E-state index in [2.05, 4.69) is 0 Å². The molecule has 2 aliphatic heterocycles. The Morgan fingerprint density at radius 1 is 0.889 bits per heavy atom. The van der Waals surface area contributed by atoms with Crippen LogP contribution in [0.15, 0.2) is 59.5 Å². The number of rotatable bonds is 5. The highest BCUT2D eigenvalue weighted by molar-refractivity contribution is 7.89. The van der Waals surface area contributed by atoms with E-state index in [1.54, 1.807) is 28.6 Å². The van der Waals surface area contributed by atoms with Crippen LogP contribution in [0.5, 0.6) is 0 Å². The number of carbonyl (C=O) groups excluding carboxylic acids is 1. The number of fused-ring (bicyclic) bond motifs is 4. The van der Waals surface area contributed by atoms with Gasteiger partial charge in [0.2, 0.25) is 10.0 Å². The highest BCUT2D eigenvalue weighted by Gasteiger charge is 2.35. The van der Waals surface area contributed by atoms with Crippen LogP contribution in [0, 0.1) is 11.8 Å². The van der Waals surface area contributed by atoms with Gasteiger partial charge in [-0.1, -0.05) is 42.5 Å². The Labute approximate surface area is 161 Å². The summed E-state index contributed by atoms with van der Waals surface area (Å²) in [4.78, 5) is 12.9. The second-order valence-electron chi connectivity index (χ2n) is 7.82. The van der Waals surface area contributed by atoms with Crippen molar-refractivity contribution in [3.8, 4) is 0 Å². The third-order valence-electron chi connectivity index (χ3n) is 5.89. The minimum Gasteiger partial charge on any atom is -0.294 e. The van der Waals surface area contributed by atoms with Crippen LogP contribution in [0.25, 0.3) is 0 Å². The molecule has 2 bridgehead atoms. The molecule has 3 fully saturated rings. The first-order valence-corrected chi connectivity index (χ1v) is 11.1. The SMILES string of the molecule is O=C(Cc1ccccc1)c1cccc(S(=O)(=O)N2CC3CCC(CC3)C2)c1. The third-order valence-corrected chi connectivity index (χ3v) is 7.72. The van der Waals surface area contributed by atoms with Gasteiger partial charge in [0.15, 0.2) is 5.78 Å². The molecular formula is C22H25NO3S. The van der Waals surface area contributed by atoms with Crippen molar-refractivity contribution in [2.75, 3.05) is 13.1 Å². The lowest BCUT2D eigenvalue weighted by Crippen LogP contribution is -2.34. The quantitative estimate of drug-likeness (QED) is 0.735. The van der Waals surface area contributed by atoms with Gasteiger partial charge in [-0.05, 0) is 55.2 Å². The fraction of sp³-hybridized carbons (Fsp3) is 0.409. The zero-order valence-electron chi connectivity index (χ0n) is 15.4. The largest absolute Gasteiger partial charge is 0.294 e. The highest BCUT2D eigenvalue weighted by atomic mass is 32.2. The minimum atomic E-state index is -3.56. The van der Waals surface area contributed by atoms with Crippen LogP contribution in [0.3, 0.4) is 0 Å². The van der Waals surface area contributed by atoms with Crippen LogP contribution in [-0.4, -0.2) is 31.6 Å². The molecule has 5 heteroatoms. The van der Waals surface area contributed by atoms with Gasteiger partial charge in [0.05, 0.1) is 4.90 Å². The van der Waals surface area contributed by atoms with Gasteiger partial charge in [-0.25, -0.2) is 8.42 Å². The molecule has 0 radical (unpaired) electrons. The molecule has 5 rings (SSSR count). The lowest BCUT2D eigenvalue weighted by molar-refractivity contribution is 0.0993. The molecule has 2 heterocycles. The summed E-state index contributed by atoms with van der Waals surface area (Å²) >= 11 is 0. The maximum atomic E-state index is 13.2. The Morgan fingerprint density at radius 2 is 1.52 bits per heavy atom. The van der Waals surface area contributed by atoms with Crippen molar-refractivity contribution < 1.29 is 13.2 Å². The first-order valence-electron chi connectivity index (χ1n) is 9.70. The number of Topliss-reactive ketones (excluding diaryl/α,β-unsaturated/α-hetero) is 1. The highest BCUT2D eigenvalue weighted by Crippen LogP contribution is 2.36. The van der Waals surface area contributed by atoms with Crippen LogP contribution in [-0.2, 0) is 16.4 Å². The number of benzene rings is 2. The van der Waals surface area contributed by atoms with Crippen molar-refractivity contribution in [3.63, 3.8) is 0 Å². The van der Waals surface area contributed by atoms with Gasteiger partial charge in [-0.2, -0.15) is 4.31 Å². The Hall–Kier alpha value is -1.98. The van der Waals surface area contributed by atoms with Gasteiger partial charge in [0.25, 0.3) is 0 Å². The molecule has 1 aliphatic carbocycles. The van der Waals surface area contributed by atoms with Crippen LogP contribution in [0.1, 0.15) is 41.6 Å². The van der Waals surface area contributed by atoms with E-state index >= 15 is 0 Å². The molecule has 2 saturated heterocycles. The van der Waals surface area contributed by atoms with E-state index in [4.69, 9.17) is 0 Å². The number of carbonyl (C=O) groups is 1. The number of hydrogen-bond donors (Lipinski definition) is 0. The van der Waals surface area contributed by atoms with Crippen LogP contribution < -0.4 is 0 Å². The Balaban J connectivity index is 1.57. The molecule has 0 amide bonds. The van der Waals surface area contributed by atoms with E-state index < -0.39 is 10.0 Å². The normalized spacial score (nSPS) is 23.1. The minimum absolute atomic E-state index is 0.0609. The van der Waals surface area contributed by atoms with E-state index in [-0.39, 0.29) is 17.1 Å². The van der Waals surface area contributed by atoms with Gasteiger partial charge < -0.3 is 0 Å². The number of nitrogens with zero attached hydrogens (tertiary/aromatic N) is 1. The summed E-state index contributed by atoms with van der Waals surface area (Å²) < 4.78 is 28.1. The number of hydrogen-bond acceptors (Lipinski definition) is 3. The van der Waals surface area contributed by atoms with Crippen molar-refractivity contribution in [2.24, 2.45) is 11.8 Å². The maximum Gasteiger partial charge on any atom is 0.243 e. The molecule has 142 valence electrons. The van der Waals surface area contributed by atoms with Crippen molar-refractivity contribution in [2.45, 2.75) is 37.0 Å². The standard InChI is InChI=1S/C22H25NO3S/c24-22(13-17-5-2-1-3-6-17)20-7-4-8-21(14-20)27(25,26)23-15-18-9-10-19(16-23)12-11-18/h1-8,14,18-19H,9-13,15-16H2. The van der Waals surface area contributed by atoms with Crippen molar-refractivity contribution >= 4 is 15.8 Å². The van der Waals surface area contributed by atoms with E-state index in [0.717, 1.165) is 31.2 Å². The zero-order valence-corrected chi connectivity index (χ0v) is 16.2. The summed E-state index contributed by atoms with van der Waals surface area (Å²) in [5, 5.41) is 0. The second kappa shape index (κ2) is 7.56. The van der Waals surface area contributed by atoms with Crippen LogP contribution in [0.4, 0.5) is 0 Å². The summed E-state index contributed by atoms with van der Waals surface area (Å²) in [5.74, 6) is 0.886. The molecule has 0 aromatic heterocycles. The summed E-state index contributed by atoms with van der Waals surface area (Å²) in [5.41, 5.74) is 1.39. The zero-order chi connectivity index (χ0) is 18.9. The molecule has 1 saturated carbocycles. The van der Waals surface area contributed by atoms with Gasteiger partial charge >= 0.3 is 0 Å². The van der Waals surface area contributed by atoms with Crippen LogP contribution >= 0.6 is 0 Å². The lowest BCUT2D eigenvalue weighted by atomic mass is 9.84. The topological polar surface area (TPSA) is 54.5 Å². The van der Waals surface area contributed by atoms with E-state index in [0.29, 0.717) is 30.5 Å². The lowest BCUT2D eigenvalue weighted by Gasteiger charge is -2.22. The Kier molecular flexibility index (Phi) is 5.15. The summed E-state index contributed by atoms with van der Waals surface area (Å²) in [6.07, 6.45) is 4.80. The molecule has 0 N–H and O–H groups in total. The first kappa shape index (κ1) is 18.4. The van der Waals surface area contributed by atoms with Crippen molar-refractivity contribution in [1.29, 1.82) is 0 Å². The smallest absolute Gasteiger partial charge is 0.243 e. The molecule has 0 atom stereocenters. The second-order valence-corrected chi connectivity index (χ2v) is 9.76. The van der Waals surface area contributed by atoms with Gasteiger partial charge in [-0.3, -0.25) is 4.79 Å². The Bertz CT molecular complexity index is 902. The molecule has 0 spiro atoms. The summed E-state index contributed by atoms with van der Waals surface area (Å²) in [7, 11) is -3.56. The van der Waals surface area contributed by atoms with Crippen molar-refractivity contribution in [3.05, 3.63) is 65.7 Å². The molecule has 0 unspecified atom stereocenters. The first-order chi connectivity index (χ1) is 13.0. The predicted molar refractivity (Wildman–Crippen MR) is 105 cm³/mol. The van der Waals surface area contributed by atoms with Crippen molar-refractivity contribution in [1.82, 2.24) is 4.31 Å². The van der Waals surface area contributed by atoms with Gasteiger partial charge in [0, 0.05) is 25.1 Å². The molecule has 4 nitrogen and oxygen atoms in total. The van der Waals surface area contributed by atoms with Crippen LogP contribution in [0.2, 0.25) is 0 Å². The van der Waals surface area contributed by atoms with E-state index in [1.807, 2.05) is 30.3 Å². The summed E-state index contributed by atoms with van der Waals surface area (Å²) in [6, 6.07) is 16.1. The van der Waals surface area contributed by atoms with E-state index in [1.165, 1.54) is 0 Å². The Morgan fingerprint density at radius 3 is 2.15 bits per heavy atom. The van der Waals surface area contributed by atoms with Gasteiger partial charge in [0.1, 0.15) is 0 Å². The maximum absolute atomic E-state index is 13.2. The third kappa shape index (κ3) is 3.99. The average molecular weight is 384 g/mol. The average Bonchev–Trinajstić information content (AvgIpc) is 3.03. The number of sulfonamides is 1. The molecule has 3 aliphatic rings.